The highest BCUT2D eigenvalue weighted by Crippen LogP contribution is 2.33. The van der Waals surface area contributed by atoms with Crippen LogP contribution >= 0.6 is 0 Å². The van der Waals surface area contributed by atoms with E-state index in [1.54, 1.807) is 6.07 Å². The van der Waals surface area contributed by atoms with Gasteiger partial charge >= 0.3 is 0 Å². The normalized spacial score (nSPS) is 15.5. The molecular formula is C19H21N3O3. The minimum atomic E-state index is -0.114. The molecule has 0 radical (unpaired) electrons. The van der Waals surface area contributed by atoms with Gasteiger partial charge in [-0.15, -0.1) is 0 Å². The van der Waals surface area contributed by atoms with Gasteiger partial charge in [0.05, 0.1) is 22.3 Å². The van der Waals surface area contributed by atoms with Gasteiger partial charge in [0.2, 0.25) is 0 Å². The summed E-state index contributed by atoms with van der Waals surface area (Å²) in [5.74, 6) is 2.04. The monoisotopic (exact) mass is 339 g/mol. The van der Waals surface area contributed by atoms with Gasteiger partial charge in [0.25, 0.3) is 11.6 Å². The number of rotatable bonds is 4. The first-order chi connectivity index (χ1) is 11.9. The fourth-order valence-corrected chi connectivity index (χ4v) is 3.30. The molecule has 25 heavy (non-hydrogen) atoms. The highest BCUT2D eigenvalue weighted by Gasteiger charge is 2.30. The van der Waals surface area contributed by atoms with E-state index in [1.807, 2.05) is 26.8 Å². The molecule has 130 valence electrons. The average Bonchev–Trinajstić information content (AvgIpc) is 3.28. The number of nitrogens with one attached hydrogen (secondary N) is 1. The highest BCUT2D eigenvalue weighted by molar-refractivity contribution is 6.07. The van der Waals surface area contributed by atoms with Crippen molar-refractivity contribution in [3.8, 4) is 11.3 Å². The van der Waals surface area contributed by atoms with Gasteiger partial charge in [-0.1, -0.05) is 5.16 Å². The minimum absolute atomic E-state index is 0.114. The summed E-state index contributed by atoms with van der Waals surface area (Å²) in [7, 11) is 0. The van der Waals surface area contributed by atoms with Crippen molar-refractivity contribution in [3.05, 3.63) is 34.9 Å². The van der Waals surface area contributed by atoms with Crippen LogP contribution < -0.4 is 5.32 Å². The second-order valence-corrected chi connectivity index (χ2v) is 6.93. The van der Waals surface area contributed by atoms with Crippen molar-refractivity contribution in [2.24, 2.45) is 5.92 Å². The lowest BCUT2D eigenvalue weighted by Gasteiger charge is -2.13. The van der Waals surface area contributed by atoms with Crippen LogP contribution in [0.3, 0.4) is 0 Å². The molecule has 3 aromatic heterocycles. The molecule has 0 bridgehead atoms. The topological polar surface area (TPSA) is 81.2 Å². The number of carbonyl (C=O) groups is 1. The van der Waals surface area contributed by atoms with Crippen LogP contribution in [0.25, 0.3) is 22.4 Å². The van der Waals surface area contributed by atoms with E-state index < -0.39 is 0 Å². The van der Waals surface area contributed by atoms with Gasteiger partial charge in [0.15, 0.2) is 0 Å². The van der Waals surface area contributed by atoms with Crippen LogP contribution in [0.15, 0.2) is 21.1 Å². The molecule has 4 rings (SSSR count). The van der Waals surface area contributed by atoms with Gasteiger partial charge in [-0.05, 0) is 58.6 Å². The Labute approximate surface area is 145 Å². The first-order valence-corrected chi connectivity index (χ1v) is 8.59. The molecule has 1 N–H and O–H groups in total. The number of fused-ring (bicyclic) bond motifs is 1. The third kappa shape index (κ3) is 2.81. The van der Waals surface area contributed by atoms with Crippen LogP contribution in [0.2, 0.25) is 0 Å². The zero-order valence-corrected chi connectivity index (χ0v) is 14.8. The lowest BCUT2D eigenvalue weighted by Crippen LogP contribution is -2.34. The summed E-state index contributed by atoms with van der Waals surface area (Å²) in [5.41, 5.74) is 3.10. The number of hydrogen-bond acceptors (Lipinski definition) is 5. The van der Waals surface area contributed by atoms with Crippen LogP contribution in [-0.4, -0.2) is 22.1 Å². The fourth-order valence-electron chi connectivity index (χ4n) is 3.30. The predicted molar refractivity (Wildman–Crippen MR) is 93.4 cm³/mol. The second kappa shape index (κ2) is 5.72. The lowest BCUT2D eigenvalue weighted by atomic mass is 10.0. The Bertz CT molecular complexity index is 966. The largest absolute Gasteiger partial charge is 0.466 e. The molecule has 0 spiro atoms. The van der Waals surface area contributed by atoms with E-state index in [2.05, 4.69) is 22.4 Å². The number of aryl methyl sites for hydroxylation is 3. The standard InChI is InChI=1S/C19H21N3O3/c1-9-7-14(12(4)24-9)16-8-15(17-11(3)22-25-19(17)21-16)18(23)20-10(2)13-5-6-13/h7-8,10,13H,5-6H2,1-4H3,(H,20,23). The molecule has 6 nitrogen and oxygen atoms in total. The van der Waals surface area contributed by atoms with Gasteiger partial charge in [0, 0.05) is 11.6 Å². The van der Waals surface area contributed by atoms with Crippen LogP contribution in [-0.2, 0) is 0 Å². The number of nitrogens with zero attached hydrogens (tertiary/aromatic N) is 2. The molecule has 1 saturated carbocycles. The number of hydrogen-bond donors (Lipinski definition) is 1. The van der Waals surface area contributed by atoms with Crippen molar-refractivity contribution < 1.29 is 13.7 Å². The smallest absolute Gasteiger partial charge is 0.259 e. The number of pyridine rings is 1. The molecule has 1 atom stereocenters. The van der Waals surface area contributed by atoms with Crippen molar-refractivity contribution in [1.82, 2.24) is 15.5 Å². The van der Waals surface area contributed by atoms with Gasteiger partial charge in [-0.3, -0.25) is 4.79 Å². The van der Waals surface area contributed by atoms with E-state index in [9.17, 15) is 4.79 Å². The molecule has 1 aliphatic rings. The molecule has 3 aromatic rings. The zero-order chi connectivity index (χ0) is 17.7. The SMILES string of the molecule is Cc1cc(-c2cc(C(=O)NC(C)C3CC3)c3c(C)noc3n2)c(C)o1. The maximum atomic E-state index is 12.9. The van der Waals surface area contributed by atoms with Crippen molar-refractivity contribution in [2.45, 2.75) is 46.6 Å². The molecular weight excluding hydrogens is 318 g/mol. The zero-order valence-electron chi connectivity index (χ0n) is 14.8. The molecule has 0 aliphatic heterocycles. The van der Waals surface area contributed by atoms with Crippen LogP contribution in [0, 0.1) is 26.7 Å². The summed E-state index contributed by atoms with van der Waals surface area (Å²) in [6.07, 6.45) is 2.36. The predicted octanol–water partition coefficient (Wildman–Crippen LogP) is 3.94. The molecule has 1 amide bonds. The lowest BCUT2D eigenvalue weighted by molar-refractivity contribution is 0.0937. The third-order valence-electron chi connectivity index (χ3n) is 4.87. The van der Waals surface area contributed by atoms with E-state index in [0.29, 0.717) is 34.0 Å². The van der Waals surface area contributed by atoms with Crippen molar-refractivity contribution in [3.63, 3.8) is 0 Å². The Balaban J connectivity index is 1.81. The molecule has 3 heterocycles. The first kappa shape index (κ1) is 15.9. The Morgan fingerprint density at radius 2 is 2.04 bits per heavy atom. The molecule has 6 heteroatoms. The summed E-state index contributed by atoms with van der Waals surface area (Å²) in [6.45, 7) is 7.65. The third-order valence-corrected chi connectivity index (χ3v) is 4.87. The highest BCUT2D eigenvalue weighted by atomic mass is 16.5. The van der Waals surface area contributed by atoms with E-state index >= 15 is 0 Å². The maximum Gasteiger partial charge on any atom is 0.259 e. The van der Waals surface area contributed by atoms with E-state index in [4.69, 9.17) is 8.94 Å². The molecule has 0 saturated heterocycles. The first-order valence-electron chi connectivity index (χ1n) is 8.59. The van der Waals surface area contributed by atoms with E-state index in [1.165, 1.54) is 12.8 Å². The maximum absolute atomic E-state index is 12.9. The number of amides is 1. The number of furan rings is 1. The quantitative estimate of drug-likeness (QED) is 0.779. The van der Waals surface area contributed by atoms with Crippen LogP contribution in [0.5, 0.6) is 0 Å². The van der Waals surface area contributed by atoms with Gasteiger partial charge in [0.1, 0.15) is 11.5 Å². The molecule has 1 unspecified atom stereocenters. The summed E-state index contributed by atoms with van der Waals surface area (Å²) in [4.78, 5) is 17.4. The van der Waals surface area contributed by atoms with Crippen LogP contribution in [0.4, 0.5) is 0 Å². The van der Waals surface area contributed by atoms with Gasteiger partial charge in [-0.25, -0.2) is 4.98 Å². The summed E-state index contributed by atoms with van der Waals surface area (Å²) in [6, 6.07) is 3.89. The van der Waals surface area contributed by atoms with Crippen molar-refractivity contribution in [1.29, 1.82) is 0 Å². The Morgan fingerprint density at radius 1 is 1.28 bits per heavy atom. The number of carbonyl (C=O) groups excluding carboxylic acids is 1. The van der Waals surface area contributed by atoms with Crippen LogP contribution in [0.1, 0.15) is 47.3 Å². The molecule has 1 fully saturated rings. The second-order valence-electron chi connectivity index (χ2n) is 6.93. The minimum Gasteiger partial charge on any atom is -0.466 e. The van der Waals surface area contributed by atoms with Gasteiger partial charge < -0.3 is 14.3 Å². The van der Waals surface area contributed by atoms with E-state index in [-0.39, 0.29) is 11.9 Å². The molecule has 1 aliphatic carbocycles. The van der Waals surface area contributed by atoms with Gasteiger partial charge in [-0.2, -0.15) is 0 Å². The van der Waals surface area contributed by atoms with Crippen molar-refractivity contribution in [2.75, 3.05) is 0 Å². The summed E-state index contributed by atoms with van der Waals surface area (Å²) < 4.78 is 10.9. The number of aromatic nitrogens is 2. The molecule has 0 aromatic carbocycles. The van der Waals surface area contributed by atoms with Crippen molar-refractivity contribution >= 4 is 17.0 Å². The fraction of sp³-hybridized carbons (Fsp3) is 0.421. The van der Waals surface area contributed by atoms with E-state index in [0.717, 1.165) is 17.1 Å². The summed E-state index contributed by atoms with van der Waals surface area (Å²) >= 11 is 0. The Hall–Kier alpha value is -2.63. The summed E-state index contributed by atoms with van der Waals surface area (Å²) in [5, 5.41) is 7.76. The Morgan fingerprint density at radius 3 is 2.68 bits per heavy atom. The Kier molecular flexibility index (Phi) is 3.63. The average molecular weight is 339 g/mol.